The molecular weight excluding hydrogens is 340 g/mol. The number of hydrogen-bond acceptors (Lipinski definition) is 3. The van der Waals surface area contributed by atoms with E-state index in [2.05, 4.69) is 15.3 Å². The van der Waals surface area contributed by atoms with Gasteiger partial charge < -0.3 is 10.3 Å². The monoisotopic (exact) mass is 353 g/mol. The third kappa shape index (κ3) is 2.88. The highest BCUT2D eigenvalue weighted by Crippen LogP contribution is 2.35. The van der Waals surface area contributed by atoms with Gasteiger partial charge in [-0.2, -0.15) is 0 Å². The summed E-state index contributed by atoms with van der Waals surface area (Å²) in [4.78, 5) is 31.8. The molecule has 5 nitrogen and oxygen atoms in total. The van der Waals surface area contributed by atoms with Crippen molar-refractivity contribution in [1.29, 1.82) is 0 Å². The van der Waals surface area contributed by atoms with Crippen molar-refractivity contribution < 1.29 is 13.6 Å². The molecule has 0 bridgehead atoms. The zero-order valence-electron chi connectivity index (χ0n) is 13.4. The summed E-state index contributed by atoms with van der Waals surface area (Å²) in [6, 6.07) is 12.0. The molecule has 2 N–H and O–H groups in total. The Morgan fingerprint density at radius 1 is 1.00 bits per heavy atom. The number of nitrogens with zero attached hydrogens (tertiary/aromatic N) is 1. The van der Waals surface area contributed by atoms with E-state index >= 15 is 0 Å². The Balaban J connectivity index is 1.88. The Morgan fingerprint density at radius 2 is 1.69 bits per heavy atom. The molecule has 4 rings (SSSR count). The maximum Gasteiger partial charge on any atom is 0.257 e. The molecule has 1 aromatic heterocycles. The topological polar surface area (TPSA) is 74.8 Å². The minimum Gasteiger partial charge on any atom is -0.310 e. The summed E-state index contributed by atoms with van der Waals surface area (Å²) in [6.45, 7) is 0. The molecule has 0 unspecified atom stereocenters. The quantitative estimate of drug-likeness (QED) is 0.743. The molecule has 1 aliphatic rings. The van der Waals surface area contributed by atoms with E-state index in [1.165, 1.54) is 0 Å². The molecule has 1 amide bonds. The Morgan fingerprint density at radius 3 is 2.38 bits per heavy atom. The molecule has 2 heterocycles. The van der Waals surface area contributed by atoms with Crippen LogP contribution in [-0.2, 0) is 4.79 Å². The van der Waals surface area contributed by atoms with Crippen molar-refractivity contribution in [1.82, 2.24) is 9.97 Å². The first kappa shape index (κ1) is 16.1. The lowest BCUT2D eigenvalue weighted by Crippen LogP contribution is -2.31. The van der Waals surface area contributed by atoms with E-state index in [-0.39, 0.29) is 29.3 Å². The van der Waals surface area contributed by atoms with E-state index in [0.29, 0.717) is 11.4 Å². The fourth-order valence-corrected chi connectivity index (χ4v) is 3.17. The number of carbonyl (C=O) groups excluding carboxylic acids is 1. The Kier molecular flexibility index (Phi) is 3.84. The van der Waals surface area contributed by atoms with Crippen LogP contribution in [0.1, 0.15) is 23.5 Å². The highest BCUT2D eigenvalue weighted by molar-refractivity contribution is 5.94. The number of hydrogen-bond donors (Lipinski definition) is 2. The number of H-pyrrole nitrogens is 1. The molecule has 26 heavy (non-hydrogen) atoms. The number of rotatable bonds is 2. The fraction of sp³-hybridized carbons (Fsp3) is 0.105. The first-order chi connectivity index (χ1) is 12.5. The zero-order chi connectivity index (χ0) is 18.3. The van der Waals surface area contributed by atoms with Crippen LogP contribution in [0.25, 0.3) is 11.4 Å². The van der Waals surface area contributed by atoms with Crippen LogP contribution in [-0.4, -0.2) is 15.9 Å². The number of nitrogens with one attached hydrogen (secondary N) is 2. The summed E-state index contributed by atoms with van der Waals surface area (Å²) in [5, 5.41) is 2.58. The average Bonchev–Trinajstić information content (AvgIpc) is 2.60. The van der Waals surface area contributed by atoms with Crippen molar-refractivity contribution in [2.45, 2.75) is 12.3 Å². The SMILES string of the molecule is O=C1C[C@@H](c2cc(F)cc(F)c2)c2c(nc(-c3ccccc3)[nH]c2=O)N1. The average molecular weight is 353 g/mol. The largest absolute Gasteiger partial charge is 0.310 e. The molecular formula is C19H13F2N3O2. The van der Waals surface area contributed by atoms with Gasteiger partial charge in [-0.1, -0.05) is 30.3 Å². The predicted molar refractivity (Wildman–Crippen MR) is 91.7 cm³/mol. The van der Waals surface area contributed by atoms with E-state index in [4.69, 9.17) is 0 Å². The van der Waals surface area contributed by atoms with Gasteiger partial charge >= 0.3 is 0 Å². The molecule has 0 fully saturated rings. The number of fused-ring (bicyclic) bond motifs is 1. The minimum absolute atomic E-state index is 0.0919. The van der Waals surface area contributed by atoms with Crippen LogP contribution in [0.3, 0.4) is 0 Å². The molecule has 1 aliphatic heterocycles. The number of halogens is 2. The maximum absolute atomic E-state index is 13.6. The van der Waals surface area contributed by atoms with Crippen LogP contribution in [0.15, 0.2) is 53.3 Å². The van der Waals surface area contributed by atoms with Gasteiger partial charge in [-0.25, -0.2) is 13.8 Å². The molecule has 0 radical (unpaired) electrons. The highest BCUT2D eigenvalue weighted by Gasteiger charge is 2.31. The van der Waals surface area contributed by atoms with Crippen LogP contribution in [0.5, 0.6) is 0 Å². The number of benzene rings is 2. The van der Waals surface area contributed by atoms with Gasteiger partial charge in [0, 0.05) is 24.0 Å². The number of amides is 1. The van der Waals surface area contributed by atoms with Crippen molar-refractivity contribution in [2.24, 2.45) is 0 Å². The number of aromatic amines is 1. The summed E-state index contributed by atoms with van der Waals surface area (Å²) in [5.74, 6) is -2.26. The van der Waals surface area contributed by atoms with Crippen molar-refractivity contribution >= 4 is 11.7 Å². The van der Waals surface area contributed by atoms with Crippen molar-refractivity contribution in [3.63, 3.8) is 0 Å². The van der Waals surface area contributed by atoms with Gasteiger partial charge in [0.25, 0.3) is 5.56 Å². The summed E-state index contributed by atoms with van der Waals surface area (Å²) in [6.07, 6.45) is -0.0919. The molecule has 0 spiro atoms. The maximum atomic E-state index is 13.6. The minimum atomic E-state index is -0.773. The second-order valence-corrected chi connectivity index (χ2v) is 6.05. The van der Waals surface area contributed by atoms with Crippen LogP contribution < -0.4 is 10.9 Å². The number of aromatic nitrogens is 2. The van der Waals surface area contributed by atoms with Gasteiger partial charge in [-0.15, -0.1) is 0 Å². The zero-order valence-corrected chi connectivity index (χ0v) is 13.4. The molecule has 0 saturated carbocycles. The molecule has 130 valence electrons. The number of anilines is 1. The molecule has 0 aliphatic carbocycles. The van der Waals surface area contributed by atoms with Crippen molar-refractivity contribution in [3.8, 4) is 11.4 Å². The Bertz CT molecular complexity index is 1040. The molecule has 3 aromatic rings. The second-order valence-electron chi connectivity index (χ2n) is 6.05. The van der Waals surface area contributed by atoms with E-state index in [0.717, 1.165) is 18.2 Å². The lowest BCUT2D eigenvalue weighted by Gasteiger charge is -2.24. The van der Waals surface area contributed by atoms with Crippen LogP contribution in [0.2, 0.25) is 0 Å². The van der Waals surface area contributed by atoms with Crippen molar-refractivity contribution in [3.05, 3.63) is 81.6 Å². The molecule has 1 atom stereocenters. The third-order valence-corrected chi connectivity index (χ3v) is 4.29. The van der Waals surface area contributed by atoms with E-state index in [1.807, 2.05) is 6.07 Å². The predicted octanol–water partition coefficient (Wildman–Crippen LogP) is 3.19. The summed E-state index contributed by atoms with van der Waals surface area (Å²) >= 11 is 0. The van der Waals surface area contributed by atoms with E-state index < -0.39 is 23.1 Å². The summed E-state index contributed by atoms with van der Waals surface area (Å²) in [5.41, 5.74) is 0.636. The van der Waals surface area contributed by atoms with Gasteiger partial charge in [-0.3, -0.25) is 9.59 Å². The highest BCUT2D eigenvalue weighted by atomic mass is 19.1. The lowest BCUT2D eigenvalue weighted by molar-refractivity contribution is -0.116. The third-order valence-electron chi connectivity index (χ3n) is 4.29. The normalized spacial score (nSPS) is 16.1. The Labute approximate surface area is 146 Å². The first-order valence-electron chi connectivity index (χ1n) is 7.97. The first-order valence-corrected chi connectivity index (χ1v) is 7.97. The summed E-state index contributed by atoms with van der Waals surface area (Å²) < 4.78 is 27.2. The van der Waals surface area contributed by atoms with Gasteiger partial charge in [-0.05, 0) is 17.7 Å². The smallest absolute Gasteiger partial charge is 0.257 e. The number of carbonyl (C=O) groups is 1. The molecule has 0 saturated heterocycles. The molecule has 7 heteroatoms. The van der Waals surface area contributed by atoms with Crippen LogP contribution in [0.4, 0.5) is 14.6 Å². The Hall–Kier alpha value is -3.35. The van der Waals surface area contributed by atoms with Crippen LogP contribution >= 0.6 is 0 Å². The summed E-state index contributed by atoms with van der Waals surface area (Å²) in [7, 11) is 0. The van der Waals surface area contributed by atoms with Gasteiger partial charge in [0.1, 0.15) is 23.3 Å². The van der Waals surface area contributed by atoms with Crippen molar-refractivity contribution in [2.75, 3.05) is 5.32 Å². The van der Waals surface area contributed by atoms with E-state index in [1.54, 1.807) is 24.3 Å². The fourth-order valence-electron chi connectivity index (χ4n) is 3.17. The van der Waals surface area contributed by atoms with Gasteiger partial charge in [0.15, 0.2) is 0 Å². The van der Waals surface area contributed by atoms with Crippen LogP contribution in [0, 0.1) is 11.6 Å². The standard InChI is InChI=1S/C19H13F2N3O2/c20-12-6-11(7-13(21)8-12)14-9-15(25)22-18-16(14)19(26)24-17(23-18)10-4-2-1-3-5-10/h1-8,14H,9H2,(H2,22,23,24,25,26)/t14-/m0/s1. The van der Waals surface area contributed by atoms with E-state index in [9.17, 15) is 18.4 Å². The second kappa shape index (κ2) is 6.18. The lowest BCUT2D eigenvalue weighted by atomic mass is 9.86. The molecule has 2 aromatic carbocycles. The van der Waals surface area contributed by atoms with Gasteiger partial charge in [0.05, 0.1) is 5.56 Å². The van der Waals surface area contributed by atoms with Gasteiger partial charge in [0.2, 0.25) is 5.91 Å².